The van der Waals surface area contributed by atoms with Gasteiger partial charge in [-0.1, -0.05) is 28.1 Å². The number of nitrogens with two attached hydrogens (primary N) is 1. The van der Waals surface area contributed by atoms with Crippen molar-refractivity contribution in [1.29, 1.82) is 0 Å². The summed E-state index contributed by atoms with van der Waals surface area (Å²) in [5, 5.41) is 4.25. The van der Waals surface area contributed by atoms with E-state index in [2.05, 4.69) is 26.0 Å². The maximum atomic E-state index is 5.80. The van der Waals surface area contributed by atoms with Crippen LogP contribution in [-0.4, -0.2) is 14.6 Å². The van der Waals surface area contributed by atoms with Gasteiger partial charge in [0.05, 0.1) is 11.9 Å². The van der Waals surface area contributed by atoms with Crippen molar-refractivity contribution in [2.45, 2.75) is 0 Å². The topological polar surface area (TPSA) is 56.2 Å². The lowest BCUT2D eigenvalue weighted by molar-refractivity contribution is 0.950. The number of rotatable bonds is 1. The van der Waals surface area contributed by atoms with Crippen LogP contribution in [0, 0.1) is 0 Å². The number of fused-ring (bicyclic) bond motifs is 1. The van der Waals surface area contributed by atoms with E-state index in [1.165, 1.54) is 0 Å². The first-order valence-corrected chi connectivity index (χ1v) is 5.89. The molecule has 0 saturated heterocycles. The van der Waals surface area contributed by atoms with Gasteiger partial charge in [0.1, 0.15) is 5.82 Å². The third kappa shape index (κ3) is 1.78. The molecule has 4 nitrogen and oxygen atoms in total. The Kier molecular flexibility index (Phi) is 2.33. The molecular weight excluding hydrogens is 280 g/mol. The average molecular weight is 289 g/mol. The predicted octanol–water partition coefficient (Wildman–Crippen LogP) is 2.74. The van der Waals surface area contributed by atoms with Gasteiger partial charge >= 0.3 is 0 Å². The Morgan fingerprint density at radius 2 is 2.06 bits per heavy atom. The Hall–Kier alpha value is -1.88. The maximum absolute atomic E-state index is 5.80. The van der Waals surface area contributed by atoms with Crippen molar-refractivity contribution in [3.63, 3.8) is 0 Å². The van der Waals surface area contributed by atoms with Crippen LogP contribution in [0.3, 0.4) is 0 Å². The summed E-state index contributed by atoms with van der Waals surface area (Å²) in [5.41, 5.74) is 8.52. The summed E-state index contributed by atoms with van der Waals surface area (Å²) in [6.07, 6.45) is 1.71. The van der Waals surface area contributed by atoms with Crippen molar-refractivity contribution in [2.24, 2.45) is 0 Å². The Morgan fingerprint density at radius 1 is 1.18 bits per heavy atom. The minimum atomic E-state index is 0.493. The lowest BCUT2D eigenvalue weighted by atomic mass is 10.1. The highest BCUT2D eigenvalue weighted by Crippen LogP contribution is 2.24. The molecule has 2 aromatic heterocycles. The van der Waals surface area contributed by atoms with E-state index in [-0.39, 0.29) is 0 Å². The molecule has 0 atom stereocenters. The number of halogens is 1. The smallest absolute Gasteiger partial charge is 0.158 e. The van der Waals surface area contributed by atoms with E-state index in [1.807, 2.05) is 36.4 Å². The van der Waals surface area contributed by atoms with E-state index >= 15 is 0 Å². The first-order valence-electron chi connectivity index (χ1n) is 5.10. The SMILES string of the molecule is Nc1cc(-c2cccc(Br)c2)n2nccc2n1. The van der Waals surface area contributed by atoms with E-state index in [1.54, 1.807) is 10.7 Å². The number of anilines is 1. The average Bonchev–Trinajstić information content (AvgIpc) is 2.75. The third-order valence-electron chi connectivity index (χ3n) is 2.50. The van der Waals surface area contributed by atoms with Crippen LogP contribution in [0.5, 0.6) is 0 Å². The molecule has 0 unspecified atom stereocenters. The zero-order chi connectivity index (χ0) is 11.8. The van der Waals surface area contributed by atoms with E-state index in [4.69, 9.17) is 5.73 Å². The summed E-state index contributed by atoms with van der Waals surface area (Å²) in [7, 11) is 0. The molecular formula is C12H9BrN4. The van der Waals surface area contributed by atoms with Gasteiger partial charge in [0, 0.05) is 22.2 Å². The molecule has 17 heavy (non-hydrogen) atoms. The first kappa shape index (κ1) is 10.3. The number of nitrogen functional groups attached to an aromatic ring is 1. The fraction of sp³-hybridized carbons (Fsp3) is 0. The zero-order valence-electron chi connectivity index (χ0n) is 8.84. The van der Waals surface area contributed by atoms with Crippen LogP contribution in [0.25, 0.3) is 16.9 Å². The zero-order valence-corrected chi connectivity index (χ0v) is 10.4. The van der Waals surface area contributed by atoms with Crippen molar-refractivity contribution in [1.82, 2.24) is 14.6 Å². The fourth-order valence-corrected chi connectivity index (χ4v) is 2.19. The molecule has 2 N–H and O–H groups in total. The monoisotopic (exact) mass is 288 g/mol. The van der Waals surface area contributed by atoms with Gasteiger partial charge in [-0.15, -0.1) is 0 Å². The molecule has 0 fully saturated rings. The van der Waals surface area contributed by atoms with Gasteiger partial charge < -0.3 is 5.73 Å². The first-order chi connectivity index (χ1) is 8.24. The molecule has 5 heteroatoms. The number of hydrogen-bond acceptors (Lipinski definition) is 3. The van der Waals surface area contributed by atoms with Crippen LogP contribution in [0.4, 0.5) is 5.82 Å². The van der Waals surface area contributed by atoms with Crippen LogP contribution in [0.1, 0.15) is 0 Å². The normalized spacial score (nSPS) is 10.9. The third-order valence-corrected chi connectivity index (χ3v) is 2.99. The highest BCUT2D eigenvalue weighted by Gasteiger charge is 2.07. The molecule has 2 heterocycles. The van der Waals surface area contributed by atoms with Gasteiger partial charge in [-0.2, -0.15) is 5.10 Å². The highest BCUT2D eigenvalue weighted by molar-refractivity contribution is 9.10. The van der Waals surface area contributed by atoms with E-state index < -0.39 is 0 Å². The summed E-state index contributed by atoms with van der Waals surface area (Å²) in [5.74, 6) is 0.493. The van der Waals surface area contributed by atoms with E-state index in [9.17, 15) is 0 Å². The molecule has 84 valence electrons. The van der Waals surface area contributed by atoms with Crippen LogP contribution < -0.4 is 5.73 Å². The number of hydrogen-bond donors (Lipinski definition) is 1. The summed E-state index contributed by atoms with van der Waals surface area (Å²) in [4.78, 5) is 4.21. The predicted molar refractivity (Wildman–Crippen MR) is 70.5 cm³/mol. The van der Waals surface area contributed by atoms with Gasteiger partial charge in [-0.3, -0.25) is 0 Å². The minimum Gasteiger partial charge on any atom is -0.384 e. The molecule has 0 spiro atoms. The number of nitrogens with zero attached hydrogens (tertiary/aromatic N) is 3. The molecule has 0 aliphatic rings. The van der Waals surface area contributed by atoms with Crippen LogP contribution in [0.15, 0.2) is 47.1 Å². The maximum Gasteiger partial charge on any atom is 0.158 e. The van der Waals surface area contributed by atoms with Crippen LogP contribution in [-0.2, 0) is 0 Å². The molecule has 0 aliphatic carbocycles. The number of aromatic nitrogens is 3. The Balaban J connectivity index is 2.32. The van der Waals surface area contributed by atoms with Gasteiger partial charge in [0.15, 0.2) is 5.65 Å². The summed E-state index contributed by atoms with van der Waals surface area (Å²) in [6, 6.07) is 11.6. The standard InChI is InChI=1S/C12H9BrN4/c13-9-3-1-2-8(6-9)10-7-11(14)16-12-4-5-15-17(10)12/h1-7H,(H2,14,16). The second-order valence-electron chi connectivity index (χ2n) is 3.68. The molecule has 3 rings (SSSR count). The summed E-state index contributed by atoms with van der Waals surface area (Å²) in [6.45, 7) is 0. The van der Waals surface area contributed by atoms with Crippen molar-refractivity contribution in [3.8, 4) is 11.3 Å². The fourth-order valence-electron chi connectivity index (χ4n) is 1.79. The number of benzene rings is 1. The molecule has 0 aliphatic heterocycles. The van der Waals surface area contributed by atoms with E-state index in [0.29, 0.717) is 5.82 Å². The van der Waals surface area contributed by atoms with Crippen molar-refractivity contribution >= 4 is 27.4 Å². The molecule has 0 saturated carbocycles. The second kappa shape index (κ2) is 3.85. The van der Waals surface area contributed by atoms with Crippen LogP contribution in [0.2, 0.25) is 0 Å². The van der Waals surface area contributed by atoms with Gasteiger partial charge in [0.25, 0.3) is 0 Å². The molecule has 0 bridgehead atoms. The Bertz CT molecular complexity index is 690. The summed E-state index contributed by atoms with van der Waals surface area (Å²) < 4.78 is 2.80. The highest BCUT2D eigenvalue weighted by atomic mass is 79.9. The summed E-state index contributed by atoms with van der Waals surface area (Å²) >= 11 is 3.46. The van der Waals surface area contributed by atoms with Crippen molar-refractivity contribution < 1.29 is 0 Å². The minimum absolute atomic E-state index is 0.493. The Labute approximate surface area is 106 Å². The van der Waals surface area contributed by atoms with Gasteiger partial charge in [-0.05, 0) is 12.1 Å². The van der Waals surface area contributed by atoms with Gasteiger partial charge in [-0.25, -0.2) is 9.50 Å². The largest absolute Gasteiger partial charge is 0.384 e. The second-order valence-corrected chi connectivity index (χ2v) is 4.59. The van der Waals surface area contributed by atoms with Gasteiger partial charge in [0.2, 0.25) is 0 Å². The van der Waals surface area contributed by atoms with Crippen LogP contribution >= 0.6 is 15.9 Å². The molecule has 0 radical (unpaired) electrons. The van der Waals surface area contributed by atoms with E-state index in [0.717, 1.165) is 21.4 Å². The lowest BCUT2D eigenvalue weighted by Crippen LogP contribution is -1.99. The molecule has 0 amide bonds. The molecule has 3 aromatic rings. The van der Waals surface area contributed by atoms with Crippen molar-refractivity contribution in [3.05, 3.63) is 47.1 Å². The Morgan fingerprint density at radius 3 is 2.88 bits per heavy atom. The lowest BCUT2D eigenvalue weighted by Gasteiger charge is -2.06. The quantitative estimate of drug-likeness (QED) is 0.749. The van der Waals surface area contributed by atoms with Crippen molar-refractivity contribution in [2.75, 3.05) is 5.73 Å². The molecule has 1 aromatic carbocycles.